The van der Waals surface area contributed by atoms with E-state index in [9.17, 15) is 4.79 Å². The molecule has 0 radical (unpaired) electrons. The zero-order chi connectivity index (χ0) is 14.4. The molecule has 118 valence electrons. The number of nitrogens with zero attached hydrogens (tertiary/aromatic N) is 1. The van der Waals surface area contributed by atoms with Crippen molar-refractivity contribution in [1.82, 2.24) is 15.5 Å². The number of likely N-dealkylation sites (N-methyl/N-ethyl adjacent to an activating group) is 1. The summed E-state index contributed by atoms with van der Waals surface area (Å²) in [6, 6.07) is 8.80. The van der Waals surface area contributed by atoms with E-state index in [2.05, 4.69) is 46.7 Å². The van der Waals surface area contributed by atoms with Crippen LogP contribution >= 0.6 is 12.4 Å². The first kappa shape index (κ1) is 18.0. The molecular formula is C16H26ClN3O. The topological polar surface area (TPSA) is 44.4 Å². The Hall–Kier alpha value is -1.10. The lowest BCUT2D eigenvalue weighted by Gasteiger charge is -2.31. The molecule has 1 aromatic carbocycles. The second-order valence-electron chi connectivity index (χ2n) is 5.66. The number of benzene rings is 1. The van der Waals surface area contributed by atoms with Gasteiger partial charge in [0.2, 0.25) is 5.91 Å². The fourth-order valence-electron chi connectivity index (χ4n) is 2.57. The Morgan fingerprint density at radius 2 is 1.90 bits per heavy atom. The van der Waals surface area contributed by atoms with Crippen LogP contribution in [0, 0.1) is 6.92 Å². The molecule has 1 aromatic rings. The van der Waals surface area contributed by atoms with Crippen LogP contribution in [-0.2, 0) is 11.3 Å². The molecule has 1 amide bonds. The number of hydrogen-bond acceptors (Lipinski definition) is 3. The zero-order valence-electron chi connectivity index (χ0n) is 12.9. The third-order valence-electron chi connectivity index (χ3n) is 3.94. The predicted molar refractivity (Wildman–Crippen MR) is 88.8 cm³/mol. The Bertz CT molecular complexity index is 430. The first-order valence-corrected chi connectivity index (χ1v) is 7.38. The third kappa shape index (κ3) is 6.04. The minimum atomic E-state index is 0. The molecule has 0 aliphatic carbocycles. The van der Waals surface area contributed by atoms with E-state index in [1.807, 2.05) is 7.05 Å². The van der Waals surface area contributed by atoms with E-state index in [1.54, 1.807) is 0 Å². The molecule has 1 saturated heterocycles. The standard InChI is InChI=1S/C16H25N3O.ClH/c1-13-3-5-14(6-4-13)11-18-16(20)12-19(2)15-7-9-17-10-8-15;/h3-6,15,17H,7-12H2,1-2H3,(H,18,20);1H. The summed E-state index contributed by atoms with van der Waals surface area (Å²) in [5.74, 6) is 0.103. The van der Waals surface area contributed by atoms with Crippen molar-refractivity contribution in [3.8, 4) is 0 Å². The molecule has 1 heterocycles. The third-order valence-corrected chi connectivity index (χ3v) is 3.94. The van der Waals surface area contributed by atoms with Crippen molar-refractivity contribution in [1.29, 1.82) is 0 Å². The van der Waals surface area contributed by atoms with Crippen LogP contribution in [-0.4, -0.2) is 43.5 Å². The summed E-state index contributed by atoms with van der Waals surface area (Å²) in [4.78, 5) is 14.1. The highest BCUT2D eigenvalue weighted by Crippen LogP contribution is 2.09. The van der Waals surface area contributed by atoms with Crippen molar-refractivity contribution < 1.29 is 4.79 Å². The molecule has 1 aliphatic heterocycles. The molecule has 21 heavy (non-hydrogen) atoms. The van der Waals surface area contributed by atoms with Crippen molar-refractivity contribution in [2.45, 2.75) is 32.4 Å². The number of aryl methyl sites for hydroxylation is 1. The van der Waals surface area contributed by atoms with Crippen LogP contribution < -0.4 is 10.6 Å². The molecule has 4 nitrogen and oxygen atoms in total. The average Bonchev–Trinajstić information content (AvgIpc) is 2.47. The monoisotopic (exact) mass is 311 g/mol. The van der Waals surface area contributed by atoms with Crippen LogP contribution in [0.15, 0.2) is 24.3 Å². The average molecular weight is 312 g/mol. The number of carbonyl (C=O) groups excluding carboxylic acids is 1. The van der Waals surface area contributed by atoms with Crippen LogP contribution in [0.5, 0.6) is 0 Å². The lowest BCUT2D eigenvalue weighted by molar-refractivity contribution is -0.122. The lowest BCUT2D eigenvalue weighted by atomic mass is 10.1. The van der Waals surface area contributed by atoms with Gasteiger partial charge in [0.15, 0.2) is 0 Å². The summed E-state index contributed by atoms with van der Waals surface area (Å²) < 4.78 is 0. The summed E-state index contributed by atoms with van der Waals surface area (Å²) in [5, 5.41) is 6.34. The number of rotatable bonds is 5. The molecule has 0 bridgehead atoms. The van der Waals surface area contributed by atoms with Crippen molar-refractivity contribution in [2.24, 2.45) is 0 Å². The van der Waals surface area contributed by atoms with Gasteiger partial charge in [0.25, 0.3) is 0 Å². The molecule has 2 N–H and O–H groups in total. The first-order chi connectivity index (χ1) is 9.65. The molecular weight excluding hydrogens is 286 g/mol. The van der Waals surface area contributed by atoms with Gasteiger partial charge < -0.3 is 10.6 Å². The van der Waals surface area contributed by atoms with Gasteiger partial charge in [0.1, 0.15) is 0 Å². The van der Waals surface area contributed by atoms with Gasteiger partial charge in [-0.1, -0.05) is 29.8 Å². The van der Waals surface area contributed by atoms with Crippen LogP contribution in [0.3, 0.4) is 0 Å². The van der Waals surface area contributed by atoms with Gasteiger partial charge >= 0.3 is 0 Å². The number of nitrogens with one attached hydrogen (secondary N) is 2. The Balaban J connectivity index is 0.00000220. The fraction of sp³-hybridized carbons (Fsp3) is 0.562. The van der Waals surface area contributed by atoms with E-state index in [4.69, 9.17) is 0 Å². The minimum Gasteiger partial charge on any atom is -0.351 e. The van der Waals surface area contributed by atoms with Crippen LogP contribution in [0.25, 0.3) is 0 Å². The van der Waals surface area contributed by atoms with Gasteiger partial charge in [-0.15, -0.1) is 12.4 Å². The van der Waals surface area contributed by atoms with Gasteiger partial charge in [-0.2, -0.15) is 0 Å². The smallest absolute Gasteiger partial charge is 0.234 e. The zero-order valence-corrected chi connectivity index (χ0v) is 13.7. The molecule has 0 spiro atoms. The van der Waals surface area contributed by atoms with Gasteiger partial charge in [-0.25, -0.2) is 0 Å². The quantitative estimate of drug-likeness (QED) is 0.870. The number of halogens is 1. The maximum absolute atomic E-state index is 12.0. The van der Waals surface area contributed by atoms with Gasteiger partial charge in [0.05, 0.1) is 6.54 Å². The van der Waals surface area contributed by atoms with E-state index < -0.39 is 0 Å². The molecule has 2 rings (SSSR count). The highest BCUT2D eigenvalue weighted by Gasteiger charge is 2.19. The van der Waals surface area contributed by atoms with Crippen LogP contribution in [0.1, 0.15) is 24.0 Å². The summed E-state index contributed by atoms with van der Waals surface area (Å²) in [7, 11) is 2.04. The van der Waals surface area contributed by atoms with Crippen molar-refractivity contribution in [3.05, 3.63) is 35.4 Å². The first-order valence-electron chi connectivity index (χ1n) is 7.38. The maximum atomic E-state index is 12.0. The summed E-state index contributed by atoms with van der Waals surface area (Å²) >= 11 is 0. The van der Waals surface area contributed by atoms with Crippen molar-refractivity contribution in [2.75, 3.05) is 26.7 Å². The highest BCUT2D eigenvalue weighted by molar-refractivity contribution is 5.85. The van der Waals surface area contributed by atoms with Gasteiger partial charge in [0, 0.05) is 12.6 Å². The minimum absolute atomic E-state index is 0. The maximum Gasteiger partial charge on any atom is 0.234 e. The van der Waals surface area contributed by atoms with Gasteiger partial charge in [-0.3, -0.25) is 9.69 Å². The Kier molecular flexibility index (Phi) is 7.72. The van der Waals surface area contributed by atoms with Crippen molar-refractivity contribution >= 4 is 18.3 Å². The van der Waals surface area contributed by atoms with Crippen LogP contribution in [0.2, 0.25) is 0 Å². The lowest BCUT2D eigenvalue weighted by Crippen LogP contribution is -2.45. The summed E-state index contributed by atoms with van der Waals surface area (Å²) in [6.07, 6.45) is 2.25. The Labute approximate surface area is 133 Å². The Morgan fingerprint density at radius 1 is 1.29 bits per heavy atom. The molecule has 5 heteroatoms. The summed E-state index contributed by atoms with van der Waals surface area (Å²) in [6.45, 7) is 5.27. The molecule has 0 unspecified atom stereocenters. The van der Waals surface area contributed by atoms with E-state index in [0.717, 1.165) is 31.5 Å². The van der Waals surface area contributed by atoms with Gasteiger partial charge in [-0.05, 0) is 45.5 Å². The Morgan fingerprint density at radius 3 is 2.52 bits per heavy atom. The SMILES string of the molecule is Cc1ccc(CNC(=O)CN(C)C2CCNCC2)cc1.Cl. The molecule has 1 aliphatic rings. The number of piperidine rings is 1. The van der Waals surface area contributed by atoms with Crippen LogP contribution in [0.4, 0.5) is 0 Å². The predicted octanol–water partition coefficient (Wildman–Crippen LogP) is 1.72. The second kappa shape index (κ2) is 9.03. The summed E-state index contributed by atoms with van der Waals surface area (Å²) in [5.41, 5.74) is 2.39. The second-order valence-corrected chi connectivity index (χ2v) is 5.66. The molecule has 0 atom stereocenters. The van der Waals surface area contributed by atoms with Crippen molar-refractivity contribution in [3.63, 3.8) is 0 Å². The number of carbonyl (C=O) groups is 1. The molecule has 1 fully saturated rings. The molecule has 0 saturated carbocycles. The van der Waals surface area contributed by atoms with E-state index in [1.165, 1.54) is 5.56 Å². The highest BCUT2D eigenvalue weighted by atomic mass is 35.5. The number of amides is 1. The van der Waals surface area contributed by atoms with E-state index in [-0.39, 0.29) is 18.3 Å². The van der Waals surface area contributed by atoms with E-state index in [0.29, 0.717) is 19.1 Å². The molecule has 0 aromatic heterocycles. The number of hydrogen-bond donors (Lipinski definition) is 2. The fourth-order valence-corrected chi connectivity index (χ4v) is 2.57. The largest absolute Gasteiger partial charge is 0.351 e. The van der Waals surface area contributed by atoms with E-state index >= 15 is 0 Å². The normalized spacial score (nSPS) is 15.6.